The van der Waals surface area contributed by atoms with E-state index in [2.05, 4.69) is 21.2 Å². The molecule has 0 fully saturated rings. The van der Waals surface area contributed by atoms with E-state index in [4.69, 9.17) is 0 Å². The molecular formula is C9H7BrF3N. The lowest BCUT2D eigenvalue weighted by molar-refractivity contribution is -0.137. The lowest BCUT2D eigenvalue weighted by Gasteiger charge is -2.08. The lowest BCUT2D eigenvalue weighted by Crippen LogP contribution is -2.05. The Kier molecular flexibility index (Phi) is 2.31. The molecule has 1 aromatic rings. The minimum absolute atomic E-state index is 0.0280. The van der Waals surface area contributed by atoms with Gasteiger partial charge in [0.05, 0.1) is 10.5 Å². The molecule has 1 unspecified atom stereocenters. The van der Waals surface area contributed by atoms with Crippen LogP contribution in [0.25, 0.3) is 0 Å². The van der Waals surface area contributed by atoms with Gasteiger partial charge in [0.15, 0.2) is 0 Å². The van der Waals surface area contributed by atoms with Gasteiger partial charge in [0.1, 0.15) is 0 Å². The number of nitrogens with one attached hydrogen (secondary N) is 1. The number of hydrogen-bond donors (Lipinski definition) is 1. The second-order valence-corrected chi connectivity index (χ2v) is 4.07. The van der Waals surface area contributed by atoms with Gasteiger partial charge in [0, 0.05) is 6.54 Å². The Balaban J connectivity index is 2.42. The molecule has 1 heterocycles. The van der Waals surface area contributed by atoms with Gasteiger partial charge in [-0.1, -0.05) is 22.0 Å². The lowest BCUT2D eigenvalue weighted by atomic mass is 10.1. The molecule has 0 spiro atoms. The van der Waals surface area contributed by atoms with Crippen LogP contribution in [-0.4, -0.2) is 0 Å². The smallest absolute Gasteiger partial charge is 0.297 e. The van der Waals surface area contributed by atoms with Crippen LogP contribution >= 0.6 is 15.9 Å². The van der Waals surface area contributed by atoms with E-state index in [-0.39, 0.29) is 4.95 Å². The third kappa shape index (κ3) is 1.66. The van der Waals surface area contributed by atoms with Crippen molar-refractivity contribution >= 4 is 15.9 Å². The summed E-state index contributed by atoms with van der Waals surface area (Å²) < 4.78 is 37.0. The van der Waals surface area contributed by atoms with Crippen molar-refractivity contribution in [3.05, 3.63) is 34.9 Å². The topological polar surface area (TPSA) is 12.0 Å². The predicted molar refractivity (Wildman–Crippen MR) is 50.0 cm³/mol. The summed E-state index contributed by atoms with van der Waals surface area (Å²) in [5, 5.41) is 3.01. The number of rotatable bonds is 0. The van der Waals surface area contributed by atoms with Crippen molar-refractivity contribution in [2.45, 2.75) is 17.7 Å². The van der Waals surface area contributed by atoms with Crippen LogP contribution in [0.15, 0.2) is 18.2 Å². The summed E-state index contributed by atoms with van der Waals surface area (Å²) in [6.45, 7) is 0.481. The highest BCUT2D eigenvalue weighted by molar-refractivity contribution is 9.09. The normalized spacial score (nSPS) is 21.0. The quantitative estimate of drug-likeness (QED) is 0.561. The fraction of sp³-hybridized carbons (Fsp3) is 0.333. The van der Waals surface area contributed by atoms with Gasteiger partial charge in [-0.25, -0.2) is 0 Å². The second-order valence-electron chi connectivity index (χ2n) is 3.15. The summed E-state index contributed by atoms with van der Waals surface area (Å²) in [6.07, 6.45) is -4.25. The van der Waals surface area contributed by atoms with Crippen molar-refractivity contribution in [1.82, 2.24) is 5.32 Å². The Bertz CT molecular complexity index is 362. The molecule has 0 aliphatic carbocycles. The molecule has 1 N–H and O–H groups in total. The van der Waals surface area contributed by atoms with Crippen LogP contribution < -0.4 is 5.32 Å². The monoisotopic (exact) mass is 265 g/mol. The fourth-order valence-corrected chi connectivity index (χ4v) is 2.10. The molecule has 1 aliphatic heterocycles. The average molecular weight is 266 g/mol. The van der Waals surface area contributed by atoms with E-state index < -0.39 is 11.7 Å². The van der Waals surface area contributed by atoms with E-state index in [0.29, 0.717) is 12.1 Å². The average Bonchev–Trinajstić information content (AvgIpc) is 2.46. The standard InChI is InChI=1S/C9H7BrF3N/c10-8-7-2-1-6(9(11,12)13)3-5(7)4-14-8/h1-3,8,14H,4H2. The number of halogens is 4. The van der Waals surface area contributed by atoms with E-state index in [1.54, 1.807) is 0 Å². The first kappa shape index (κ1) is 9.98. The van der Waals surface area contributed by atoms with Gasteiger partial charge in [-0.05, 0) is 23.3 Å². The summed E-state index contributed by atoms with van der Waals surface area (Å²) in [7, 11) is 0. The highest BCUT2D eigenvalue weighted by atomic mass is 79.9. The summed E-state index contributed by atoms with van der Waals surface area (Å²) in [6, 6.07) is 3.82. The first-order valence-electron chi connectivity index (χ1n) is 4.06. The molecule has 0 amide bonds. The molecule has 14 heavy (non-hydrogen) atoms. The first-order valence-corrected chi connectivity index (χ1v) is 4.97. The first-order chi connectivity index (χ1) is 6.48. The summed E-state index contributed by atoms with van der Waals surface area (Å²) in [4.78, 5) is -0.0280. The maximum Gasteiger partial charge on any atom is 0.416 e. The van der Waals surface area contributed by atoms with Gasteiger partial charge in [-0.15, -0.1) is 0 Å². The molecule has 1 aromatic carbocycles. The second kappa shape index (κ2) is 3.24. The van der Waals surface area contributed by atoms with Crippen LogP contribution in [0.4, 0.5) is 13.2 Å². The van der Waals surface area contributed by atoms with Crippen LogP contribution in [0.1, 0.15) is 21.6 Å². The van der Waals surface area contributed by atoms with Gasteiger partial charge in [-0.3, -0.25) is 5.32 Å². The van der Waals surface area contributed by atoms with Gasteiger partial charge in [-0.2, -0.15) is 13.2 Å². The summed E-state index contributed by atoms with van der Waals surface area (Å²) in [5.41, 5.74) is 1.01. The number of benzene rings is 1. The van der Waals surface area contributed by atoms with E-state index in [1.807, 2.05) is 0 Å². The summed E-state index contributed by atoms with van der Waals surface area (Å²) in [5.74, 6) is 0. The van der Waals surface area contributed by atoms with Gasteiger partial charge >= 0.3 is 6.18 Å². The molecule has 0 saturated heterocycles. The Morgan fingerprint density at radius 2 is 2.07 bits per heavy atom. The number of fused-ring (bicyclic) bond motifs is 1. The summed E-state index contributed by atoms with van der Waals surface area (Å²) >= 11 is 3.32. The zero-order chi connectivity index (χ0) is 10.3. The number of hydrogen-bond acceptors (Lipinski definition) is 1. The maximum absolute atomic E-state index is 12.3. The highest BCUT2D eigenvalue weighted by Gasteiger charge is 2.32. The molecule has 0 saturated carbocycles. The molecule has 2 rings (SSSR count). The Morgan fingerprint density at radius 1 is 1.36 bits per heavy atom. The molecular weight excluding hydrogens is 259 g/mol. The molecule has 1 nitrogen and oxygen atoms in total. The predicted octanol–water partition coefficient (Wildman–Crippen LogP) is 3.20. The van der Waals surface area contributed by atoms with Crippen LogP contribution in [0.3, 0.4) is 0 Å². The van der Waals surface area contributed by atoms with Gasteiger partial charge in [0.2, 0.25) is 0 Å². The van der Waals surface area contributed by atoms with E-state index in [1.165, 1.54) is 12.1 Å². The zero-order valence-corrected chi connectivity index (χ0v) is 8.61. The van der Waals surface area contributed by atoms with Crippen molar-refractivity contribution in [2.24, 2.45) is 0 Å². The van der Waals surface area contributed by atoms with E-state index in [0.717, 1.165) is 11.6 Å². The largest absolute Gasteiger partial charge is 0.416 e. The van der Waals surface area contributed by atoms with Crippen molar-refractivity contribution in [3.8, 4) is 0 Å². The van der Waals surface area contributed by atoms with E-state index in [9.17, 15) is 13.2 Å². The Labute approximate surface area is 87.4 Å². The van der Waals surface area contributed by atoms with Crippen molar-refractivity contribution < 1.29 is 13.2 Å². The maximum atomic E-state index is 12.3. The minimum Gasteiger partial charge on any atom is -0.297 e. The van der Waals surface area contributed by atoms with Gasteiger partial charge in [0.25, 0.3) is 0 Å². The van der Waals surface area contributed by atoms with Crippen LogP contribution in [0.2, 0.25) is 0 Å². The zero-order valence-electron chi connectivity index (χ0n) is 7.03. The van der Waals surface area contributed by atoms with Crippen LogP contribution in [0, 0.1) is 0 Å². The third-order valence-corrected chi connectivity index (χ3v) is 3.03. The fourth-order valence-electron chi connectivity index (χ4n) is 1.49. The molecule has 0 aromatic heterocycles. The number of alkyl halides is 4. The van der Waals surface area contributed by atoms with E-state index >= 15 is 0 Å². The Morgan fingerprint density at radius 3 is 2.71 bits per heavy atom. The molecule has 76 valence electrons. The minimum atomic E-state index is -4.25. The highest BCUT2D eigenvalue weighted by Crippen LogP contribution is 2.35. The third-order valence-electron chi connectivity index (χ3n) is 2.22. The SMILES string of the molecule is FC(F)(F)c1ccc2c(c1)CNC2Br. The molecule has 5 heteroatoms. The molecule has 0 radical (unpaired) electrons. The molecule has 1 aliphatic rings. The van der Waals surface area contributed by atoms with Crippen molar-refractivity contribution in [2.75, 3.05) is 0 Å². The van der Waals surface area contributed by atoms with Crippen LogP contribution in [0.5, 0.6) is 0 Å². The molecule has 0 bridgehead atoms. The van der Waals surface area contributed by atoms with Gasteiger partial charge < -0.3 is 0 Å². The van der Waals surface area contributed by atoms with Crippen LogP contribution in [-0.2, 0) is 12.7 Å². The van der Waals surface area contributed by atoms with Crippen molar-refractivity contribution in [3.63, 3.8) is 0 Å². The van der Waals surface area contributed by atoms with Crippen molar-refractivity contribution in [1.29, 1.82) is 0 Å². The Hall–Kier alpha value is -0.550. The molecule has 1 atom stereocenters.